The highest BCUT2D eigenvalue weighted by Gasteiger charge is 2.22. The van der Waals surface area contributed by atoms with E-state index in [2.05, 4.69) is 20.8 Å². The molecule has 0 fully saturated rings. The van der Waals surface area contributed by atoms with Crippen LogP contribution in [0.3, 0.4) is 0 Å². The Kier molecular flexibility index (Phi) is 7.90. The quantitative estimate of drug-likeness (QED) is 0.378. The van der Waals surface area contributed by atoms with E-state index in [9.17, 15) is 14.4 Å². The summed E-state index contributed by atoms with van der Waals surface area (Å²) in [4.78, 5) is 45.4. The van der Waals surface area contributed by atoms with Gasteiger partial charge >= 0.3 is 5.97 Å². The summed E-state index contributed by atoms with van der Waals surface area (Å²) in [6, 6.07) is 6.35. The predicted octanol–water partition coefficient (Wildman–Crippen LogP) is 2.86. The van der Waals surface area contributed by atoms with E-state index in [1.165, 1.54) is 12.5 Å². The number of aromatic nitrogens is 1. The zero-order valence-electron chi connectivity index (χ0n) is 16.8. The van der Waals surface area contributed by atoms with Gasteiger partial charge in [0.25, 0.3) is 11.8 Å². The summed E-state index contributed by atoms with van der Waals surface area (Å²) < 4.78 is 5.14. The topological polar surface area (TPSA) is 119 Å². The fourth-order valence-corrected chi connectivity index (χ4v) is 2.94. The molecule has 0 spiro atoms. The van der Waals surface area contributed by atoms with E-state index < -0.39 is 17.5 Å². The normalized spacial score (nSPS) is 11.6. The molecule has 0 unspecified atom stereocenters. The second kappa shape index (κ2) is 10.2. The van der Waals surface area contributed by atoms with Crippen LogP contribution in [0, 0.1) is 0 Å². The van der Waals surface area contributed by atoms with Crippen LogP contribution in [0.15, 0.2) is 34.8 Å². The van der Waals surface area contributed by atoms with Gasteiger partial charge in [0.15, 0.2) is 10.8 Å². The van der Waals surface area contributed by atoms with Gasteiger partial charge in [0.1, 0.15) is 24.9 Å². The molecule has 0 aliphatic rings. The number of benzene rings is 1. The number of thiazole rings is 1. The van der Waals surface area contributed by atoms with Crippen molar-refractivity contribution in [3.63, 3.8) is 0 Å². The van der Waals surface area contributed by atoms with Crippen LogP contribution in [0.25, 0.3) is 0 Å². The van der Waals surface area contributed by atoms with E-state index in [1.54, 1.807) is 45.0 Å². The van der Waals surface area contributed by atoms with Gasteiger partial charge in [-0.2, -0.15) is 0 Å². The van der Waals surface area contributed by atoms with Crippen LogP contribution in [0.4, 0.5) is 5.13 Å². The molecule has 0 aliphatic carbocycles. The first-order chi connectivity index (χ1) is 14.1. The van der Waals surface area contributed by atoms with Gasteiger partial charge in [-0.1, -0.05) is 16.8 Å². The summed E-state index contributed by atoms with van der Waals surface area (Å²) in [5, 5.41) is 11.0. The lowest BCUT2D eigenvalue weighted by molar-refractivity contribution is -0.154. The molecule has 0 bridgehead atoms. The van der Waals surface area contributed by atoms with E-state index in [-0.39, 0.29) is 29.0 Å². The maximum atomic E-state index is 12.4. The molecule has 2 amide bonds. The van der Waals surface area contributed by atoms with Crippen molar-refractivity contribution < 1.29 is 24.0 Å². The van der Waals surface area contributed by atoms with E-state index >= 15 is 0 Å². The molecular formula is C19H21ClN4O5S. The number of nitrogens with zero attached hydrogens (tertiary/aromatic N) is 2. The van der Waals surface area contributed by atoms with E-state index in [0.29, 0.717) is 10.6 Å². The van der Waals surface area contributed by atoms with Crippen LogP contribution >= 0.6 is 22.9 Å². The van der Waals surface area contributed by atoms with Crippen LogP contribution in [0.5, 0.6) is 0 Å². The lowest BCUT2D eigenvalue weighted by Gasteiger charge is -2.19. The Morgan fingerprint density at radius 3 is 2.47 bits per heavy atom. The summed E-state index contributed by atoms with van der Waals surface area (Å²) in [5.74, 6) is -1.66. The number of amides is 2. The minimum absolute atomic E-state index is 0.149. The maximum Gasteiger partial charge on any atom is 0.325 e. The van der Waals surface area contributed by atoms with Gasteiger partial charge in [0, 0.05) is 16.0 Å². The van der Waals surface area contributed by atoms with Crippen LogP contribution in [0.1, 0.15) is 36.8 Å². The molecule has 0 radical (unpaired) electrons. The minimum Gasteiger partial charge on any atom is -0.459 e. The SMILES string of the molecule is CON=C(C(=O)NCC(=O)OC(C)(C)C)c1csc(NC(=O)c2ccc(Cl)cc2)n1. The van der Waals surface area contributed by atoms with Crippen molar-refractivity contribution in [2.75, 3.05) is 19.0 Å². The lowest BCUT2D eigenvalue weighted by Crippen LogP contribution is -2.38. The van der Waals surface area contributed by atoms with Crippen LogP contribution < -0.4 is 10.6 Å². The smallest absolute Gasteiger partial charge is 0.325 e. The van der Waals surface area contributed by atoms with Gasteiger partial charge in [-0.3, -0.25) is 19.7 Å². The average molecular weight is 453 g/mol. The molecule has 0 atom stereocenters. The second-order valence-corrected chi connectivity index (χ2v) is 8.19. The first-order valence-corrected chi connectivity index (χ1v) is 9.99. The number of rotatable bonds is 7. The second-order valence-electron chi connectivity index (χ2n) is 6.89. The number of carbonyl (C=O) groups excluding carboxylic acids is 3. The van der Waals surface area contributed by atoms with Gasteiger partial charge in [0.2, 0.25) is 0 Å². The number of esters is 1. The summed E-state index contributed by atoms with van der Waals surface area (Å²) in [7, 11) is 1.27. The monoisotopic (exact) mass is 452 g/mol. The first-order valence-electron chi connectivity index (χ1n) is 8.73. The Bertz CT molecular complexity index is 951. The zero-order valence-corrected chi connectivity index (χ0v) is 18.4. The van der Waals surface area contributed by atoms with E-state index in [1.807, 2.05) is 0 Å². The summed E-state index contributed by atoms with van der Waals surface area (Å²) in [6.45, 7) is 4.82. The Labute approximate surface area is 182 Å². The van der Waals surface area contributed by atoms with Crippen LogP contribution in [-0.2, 0) is 19.2 Å². The van der Waals surface area contributed by atoms with Gasteiger partial charge < -0.3 is 14.9 Å². The highest BCUT2D eigenvalue weighted by atomic mass is 35.5. The van der Waals surface area contributed by atoms with Crippen molar-refractivity contribution in [1.82, 2.24) is 10.3 Å². The number of oxime groups is 1. The Morgan fingerprint density at radius 2 is 1.87 bits per heavy atom. The molecule has 0 saturated carbocycles. The average Bonchev–Trinajstić information content (AvgIpc) is 3.11. The number of hydrogen-bond donors (Lipinski definition) is 2. The molecule has 0 saturated heterocycles. The van der Waals surface area contributed by atoms with Crippen molar-refractivity contribution >= 4 is 51.6 Å². The highest BCUT2D eigenvalue weighted by molar-refractivity contribution is 7.14. The molecular weight excluding hydrogens is 432 g/mol. The molecule has 2 N–H and O–H groups in total. The summed E-state index contributed by atoms with van der Waals surface area (Å²) >= 11 is 6.92. The van der Waals surface area contributed by atoms with Crippen molar-refractivity contribution in [3.05, 3.63) is 45.9 Å². The third kappa shape index (κ3) is 7.12. The summed E-state index contributed by atoms with van der Waals surface area (Å²) in [5.41, 5.74) is -0.242. The summed E-state index contributed by atoms with van der Waals surface area (Å²) in [6.07, 6.45) is 0. The van der Waals surface area contributed by atoms with Crippen LogP contribution in [-0.4, -0.2) is 47.7 Å². The number of ether oxygens (including phenoxy) is 1. The fraction of sp³-hybridized carbons (Fsp3) is 0.316. The Morgan fingerprint density at radius 1 is 1.20 bits per heavy atom. The molecule has 30 heavy (non-hydrogen) atoms. The molecule has 1 heterocycles. The van der Waals surface area contributed by atoms with Gasteiger partial charge in [-0.15, -0.1) is 11.3 Å². The van der Waals surface area contributed by atoms with Crippen molar-refractivity contribution in [3.8, 4) is 0 Å². The predicted molar refractivity (Wildman–Crippen MR) is 114 cm³/mol. The van der Waals surface area contributed by atoms with Crippen molar-refractivity contribution in [2.24, 2.45) is 5.16 Å². The number of carbonyl (C=O) groups is 3. The van der Waals surface area contributed by atoms with Crippen LogP contribution in [0.2, 0.25) is 5.02 Å². The molecule has 2 aromatic rings. The standard InChI is InChI=1S/C19H21ClN4O5S/c1-19(2,3)29-14(25)9-21-17(27)15(24-28-4)13-10-30-18(22-13)23-16(26)11-5-7-12(20)8-6-11/h5-8,10H,9H2,1-4H3,(H,21,27)(H,22,23,26). The number of hydrogen-bond acceptors (Lipinski definition) is 8. The molecule has 160 valence electrons. The maximum absolute atomic E-state index is 12.4. The minimum atomic E-state index is -0.677. The van der Waals surface area contributed by atoms with Gasteiger partial charge in [-0.05, 0) is 45.0 Å². The Hall–Kier alpha value is -2.98. The van der Waals surface area contributed by atoms with E-state index in [0.717, 1.165) is 11.3 Å². The third-order valence-electron chi connectivity index (χ3n) is 3.28. The largest absolute Gasteiger partial charge is 0.459 e. The molecule has 1 aromatic carbocycles. The third-order valence-corrected chi connectivity index (χ3v) is 4.29. The zero-order chi connectivity index (χ0) is 22.3. The number of halogens is 1. The van der Waals surface area contributed by atoms with Crippen molar-refractivity contribution in [1.29, 1.82) is 0 Å². The first kappa shape index (κ1) is 23.3. The molecule has 0 aliphatic heterocycles. The van der Waals surface area contributed by atoms with E-state index in [4.69, 9.17) is 21.2 Å². The Balaban J connectivity index is 2.04. The highest BCUT2D eigenvalue weighted by Crippen LogP contribution is 2.18. The lowest BCUT2D eigenvalue weighted by atomic mass is 10.2. The van der Waals surface area contributed by atoms with Crippen molar-refractivity contribution in [2.45, 2.75) is 26.4 Å². The number of anilines is 1. The molecule has 9 nitrogen and oxygen atoms in total. The molecule has 1 aromatic heterocycles. The van der Waals surface area contributed by atoms with Gasteiger partial charge in [-0.25, -0.2) is 4.98 Å². The number of nitrogens with one attached hydrogen (secondary N) is 2. The molecule has 11 heteroatoms. The molecule has 2 rings (SSSR count). The van der Waals surface area contributed by atoms with Gasteiger partial charge in [0.05, 0.1) is 0 Å². The fourth-order valence-electron chi connectivity index (χ4n) is 2.12.